The van der Waals surface area contributed by atoms with Crippen LogP contribution in [0.3, 0.4) is 0 Å². The molecule has 0 amide bonds. The van der Waals surface area contributed by atoms with E-state index in [9.17, 15) is 0 Å². The number of rotatable bonds is 3. The minimum Gasteiger partial charge on any atom is -0.377 e. The van der Waals surface area contributed by atoms with E-state index < -0.39 is 0 Å². The van der Waals surface area contributed by atoms with Crippen LogP contribution in [0.2, 0.25) is 5.02 Å². The Kier molecular flexibility index (Phi) is 3.54. The maximum Gasteiger partial charge on any atom is 0.101 e. The maximum absolute atomic E-state index is 8.93. The molecule has 0 radical (unpaired) electrons. The molecule has 2 aromatic rings. The van der Waals surface area contributed by atoms with Gasteiger partial charge in [0, 0.05) is 18.9 Å². The Morgan fingerprint density at radius 1 is 1.44 bits per heavy atom. The molecule has 0 saturated carbocycles. The molecule has 1 aromatic heterocycles. The van der Waals surface area contributed by atoms with Crippen molar-refractivity contribution in [1.29, 1.82) is 5.26 Å². The van der Waals surface area contributed by atoms with E-state index in [2.05, 4.69) is 16.5 Å². The van der Waals surface area contributed by atoms with Gasteiger partial charge in [0.2, 0.25) is 0 Å². The predicted octanol–water partition coefficient (Wildman–Crippen LogP) is 3.12. The Morgan fingerprint density at radius 3 is 2.83 bits per heavy atom. The lowest BCUT2D eigenvalue weighted by atomic mass is 10.2. The van der Waals surface area contributed by atoms with E-state index in [4.69, 9.17) is 16.9 Å². The fraction of sp³-hybridized carbons (Fsp3) is 0.231. The largest absolute Gasteiger partial charge is 0.377 e. The van der Waals surface area contributed by atoms with Gasteiger partial charge >= 0.3 is 0 Å². The Balaban J connectivity index is 2.20. The molecule has 0 aliphatic carbocycles. The quantitative estimate of drug-likeness (QED) is 0.923. The second-order valence-corrected chi connectivity index (χ2v) is 4.46. The fourth-order valence-electron chi connectivity index (χ4n) is 1.83. The lowest BCUT2D eigenvalue weighted by Gasteiger charge is -2.15. The van der Waals surface area contributed by atoms with Gasteiger partial charge in [-0.25, -0.2) is 0 Å². The lowest BCUT2D eigenvalue weighted by molar-refractivity contribution is 0.676. The molecule has 1 heterocycles. The molecule has 0 fully saturated rings. The van der Waals surface area contributed by atoms with Crippen molar-refractivity contribution in [3.63, 3.8) is 0 Å². The number of nitriles is 1. The molecule has 2 rings (SSSR count). The van der Waals surface area contributed by atoms with Crippen LogP contribution < -0.4 is 5.32 Å². The molecule has 1 unspecified atom stereocenters. The summed E-state index contributed by atoms with van der Waals surface area (Å²) in [5.74, 6) is 0. The van der Waals surface area contributed by atoms with Crippen LogP contribution in [0.1, 0.15) is 24.2 Å². The molecule has 0 aliphatic rings. The lowest BCUT2D eigenvalue weighted by Crippen LogP contribution is -2.11. The molecule has 18 heavy (non-hydrogen) atoms. The van der Waals surface area contributed by atoms with Crippen LogP contribution in [-0.4, -0.2) is 9.78 Å². The van der Waals surface area contributed by atoms with Crippen LogP contribution in [-0.2, 0) is 7.05 Å². The van der Waals surface area contributed by atoms with Gasteiger partial charge in [-0.05, 0) is 31.2 Å². The maximum atomic E-state index is 8.93. The van der Waals surface area contributed by atoms with E-state index in [1.54, 1.807) is 18.3 Å². The molecular weight excluding hydrogens is 248 g/mol. The molecule has 0 aliphatic heterocycles. The number of halogens is 1. The van der Waals surface area contributed by atoms with Crippen molar-refractivity contribution in [1.82, 2.24) is 9.78 Å². The summed E-state index contributed by atoms with van der Waals surface area (Å²) in [6.45, 7) is 2.04. The number of nitrogens with one attached hydrogen (secondary N) is 1. The van der Waals surface area contributed by atoms with E-state index in [-0.39, 0.29) is 6.04 Å². The van der Waals surface area contributed by atoms with Crippen molar-refractivity contribution in [3.05, 3.63) is 46.7 Å². The van der Waals surface area contributed by atoms with E-state index in [1.807, 2.05) is 30.8 Å². The van der Waals surface area contributed by atoms with E-state index >= 15 is 0 Å². The summed E-state index contributed by atoms with van der Waals surface area (Å²) < 4.78 is 1.82. The summed E-state index contributed by atoms with van der Waals surface area (Å²) in [6, 6.07) is 9.45. The third-order valence-corrected chi connectivity index (χ3v) is 3.10. The minimum absolute atomic E-state index is 0.102. The van der Waals surface area contributed by atoms with E-state index in [0.717, 1.165) is 11.4 Å². The van der Waals surface area contributed by atoms with Crippen LogP contribution in [0.15, 0.2) is 30.5 Å². The molecule has 0 bridgehead atoms. The molecule has 92 valence electrons. The predicted molar refractivity (Wildman–Crippen MR) is 71.4 cm³/mol. The SMILES string of the molecule is CC(Nc1ccc(Cl)c(C#N)c1)c1ccnn1C. The number of aromatic nitrogens is 2. The summed E-state index contributed by atoms with van der Waals surface area (Å²) >= 11 is 5.89. The first-order valence-corrected chi connectivity index (χ1v) is 5.93. The number of hydrogen-bond donors (Lipinski definition) is 1. The summed E-state index contributed by atoms with van der Waals surface area (Å²) in [6.07, 6.45) is 1.76. The van der Waals surface area contributed by atoms with Crippen LogP contribution in [0.4, 0.5) is 5.69 Å². The van der Waals surface area contributed by atoms with Gasteiger partial charge in [0.25, 0.3) is 0 Å². The van der Waals surface area contributed by atoms with Crippen molar-refractivity contribution >= 4 is 17.3 Å². The molecule has 1 N–H and O–H groups in total. The highest BCUT2D eigenvalue weighted by Gasteiger charge is 2.10. The van der Waals surface area contributed by atoms with Crippen molar-refractivity contribution < 1.29 is 0 Å². The Morgan fingerprint density at radius 2 is 2.22 bits per heavy atom. The second-order valence-electron chi connectivity index (χ2n) is 4.05. The summed E-state index contributed by atoms with van der Waals surface area (Å²) in [5, 5.41) is 16.8. The van der Waals surface area contributed by atoms with Crippen LogP contribution in [0.5, 0.6) is 0 Å². The Labute approximate surface area is 111 Å². The van der Waals surface area contributed by atoms with Crippen molar-refractivity contribution in [3.8, 4) is 6.07 Å². The van der Waals surface area contributed by atoms with Crippen LogP contribution >= 0.6 is 11.6 Å². The van der Waals surface area contributed by atoms with Crippen LogP contribution in [0.25, 0.3) is 0 Å². The van der Waals surface area contributed by atoms with Crippen molar-refractivity contribution in [2.45, 2.75) is 13.0 Å². The van der Waals surface area contributed by atoms with Gasteiger partial charge in [-0.15, -0.1) is 0 Å². The number of nitrogens with zero attached hydrogens (tertiary/aromatic N) is 3. The third kappa shape index (κ3) is 2.47. The third-order valence-electron chi connectivity index (χ3n) is 2.77. The van der Waals surface area contributed by atoms with Crippen molar-refractivity contribution in [2.24, 2.45) is 7.05 Å². The minimum atomic E-state index is 0.102. The first kappa shape index (κ1) is 12.5. The first-order chi connectivity index (χ1) is 8.61. The Bertz CT molecular complexity index is 597. The Hall–Kier alpha value is -1.99. The molecule has 0 saturated heterocycles. The highest BCUT2D eigenvalue weighted by atomic mass is 35.5. The van der Waals surface area contributed by atoms with Gasteiger partial charge in [-0.3, -0.25) is 4.68 Å². The van der Waals surface area contributed by atoms with Crippen molar-refractivity contribution in [2.75, 3.05) is 5.32 Å². The number of anilines is 1. The highest BCUT2D eigenvalue weighted by molar-refractivity contribution is 6.31. The highest BCUT2D eigenvalue weighted by Crippen LogP contribution is 2.23. The zero-order valence-corrected chi connectivity index (χ0v) is 10.9. The monoisotopic (exact) mass is 260 g/mol. The summed E-state index contributed by atoms with van der Waals surface area (Å²) in [5.41, 5.74) is 2.41. The van der Waals surface area contributed by atoms with Gasteiger partial charge in [-0.2, -0.15) is 10.4 Å². The molecule has 4 nitrogen and oxygen atoms in total. The molecular formula is C13H13ClN4. The first-order valence-electron chi connectivity index (χ1n) is 5.56. The van der Waals surface area contributed by atoms with Gasteiger partial charge in [-0.1, -0.05) is 11.6 Å². The second kappa shape index (κ2) is 5.11. The van der Waals surface area contributed by atoms with Gasteiger partial charge in [0.1, 0.15) is 6.07 Å². The average molecular weight is 261 g/mol. The van der Waals surface area contributed by atoms with Crippen LogP contribution in [0, 0.1) is 11.3 Å². The zero-order valence-electron chi connectivity index (χ0n) is 10.2. The average Bonchev–Trinajstić information content (AvgIpc) is 2.78. The van der Waals surface area contributed by atoms with Gasteiger partial charge in [0.05, 0.1) is 22.3 Å². The molecule has 1 atom stereocenters. The molecule has 5 heteroatoms. The molecule has 1 aromatic carbocycles. The smallest absolute Gasteiger partial charge is 0.101 e. The number of aryl methyl sites for hydroxylation is 1. The standard InChI is InChI=1S/C13H13ClN4/c1-9(13-5-6-16-18(13)2)17-11-3-4-12(14)10(7-11)8-15/h3-7,9,17H,1-2H3. The topological polar surface area (TPSA) is 53.6 Å². The normalized spacial score (nSPS) is 11.9. The number of hydrogen-bond acceptors (Lipinski definition) is 3. The number of benzene rings is 1. The summed E-state index contributed by atoms with van der Waals surface area (Å²) in [4.78, 5) is 0. The van der Waals surface area contributed by atoms with E-state index in [0.29, 0.717) is 10.6 Å². The van der Waals surface area contributed by atoms with Gasteiger partial charge in [0.15, 0.2) is 0 Å². The summed E-state index contributed by atoms with van der Waals surface area (Å²) in [7, 11) is 1.90. The molecule has 0 spiro atoms. The zero-order chi connectivity index (χ0) is 13.1. The fourth-order valence-corrected chi connectivity index (χ4v) is 1.99. The van der Waals surface area contributed by atoms with E-state index in [1.165, 1.54) is 0 Å². The van der Waals surface area contributed by atoms with Gasteiger partial charge < -0.3 is 5.32 Å².